The van der Waals surface area contributed by atoms with Gasteiger partial charge in [0, 0.05) is 18.0 Å². The Morgan fingerprint density at radius 1 is 1.22 bits per heavy atom. The summed E-state index contributed by atoms with van der Waals surface area (Å²) in [6.45, 7) is 3.69. The average Bonchev–Trinajstić information content (AvgIpc) is 2.78. The quantitative estimate of drug-likeness (QED) is 0.653. The van der Waals surface area contributed by atoms with Crippen LogP contribution in [0.15, 0.2) is 40.1 Å². The first-order chi connectivity index (χ1) is 8.68. The van der Waals surface area contributed by atoms with Gasteiger partial charge in [0.2, 0.25) is 0 Å². The number of nitrogens with zero attached hydrogens (tertiary/aromatic N) is 3. The third-order valence-corrected chi connectivity index (χ3v) is 2.97. The molecule has 0 atom stereocenters. The van der Waals surface area contributed by atoms with E-state index in [1.54, 1.807) is 42.2 Å². The van der Waals surface area contributed by atoms with Crippen LogP contribution in [-0.2, 0) is 0 Å². The molecule has 0 fully saturated rings. The molecule has 0 saturated heterocycles. The molecule has 5 heteroatoms. The third-order valence-electron chi connectivity index (χ3n) is 2.97. The number of pyridine rings is 1. The number of aryl methyl sites for hydroxylation is 2. The molecular weight excluding hydrogens is 230 g/mol. The van der Waals surface area contributed by atoms with Crippen LogP contribution in [0.25, 0.3) is 16.8 Å². The van der Waals surface area contributed by atoms with Gasteiger partial charge in [0.15, 0.2) is 11.3 Å². The molecule has 0 aliphatic rings. The van der Waals surface area contributed by atoms with Gasteiger partial charge in [0.25, 0.3) is 0 Å². The van der Waals surface area contributed by atoms with Crippen molar-refractivity contribution in [3.63, 3.8) is 0 Å². The zero-order valence-electron chi connectivity index (χ0n) is 10.0. The highest BCUT2D eigenvalue weighted by molar-refractivity contribution is 5.62. The smallest absolute Gasteiger partial charge is 0.362 e. The second-order valence-corrected chi connectivity index (χ2v) is 4.09. The van der Waals surface area contributed by atoms with Crippen LogP contribution in [-0.4, -0.2) is 14.4 Å². The van der Waals surface area contributed by atoms with E-state index < -0.39 is 0 Å². The maximum Gasteiger partial charge on any atom is 0.362 e. The van der Waals surface area contributed by atoms with Crippen LogP contribution in [0.3, 0.4) is 0 Å². The van der Waals surface area contributed by atoms with E-state index in [2.05, 4.69) is 9.97 Å². The molecule has 0 N–H and O–H groups in total. The first-order valence-electron chi connectivity index (χ1n) is 5.56. The third kappa shape index (κ3) is 1.44. The molecule has 0 aliphatic carbocycles. The Balaban J connectivity index is 2.40. The van der Waals surface area contributed by atoms with Gasteiger partial charge >= 0.3 is 5.63 Å². The van der Waals surface area contributed by atoms with Crippen molar-refractivity contribution >= 4 is 5.52 Å². The average molecular weight is 241 g/mol. The Morgan fingerprint density at radius 2 is 1.94 bits per heavy atom. The lowest BCUT2D eigenvalue weighted by Crippen LogP contribution is -2.08. The van der Waals surface area contributed by atoms with E-state index in [1.165, 1.54) is 0 Å². The normalized spacial score (nSPS) is 11.0. The first-order valence-corrected chi connectivity index (χ1v) is 5.56. The molecule has 3 rings (SSSR count). The predicted octanol–water partition coefficient (Wildman–Crippen LogP) is 1.97. The van der Waals surface area contributed by atoms with Crippen molar-refractivity contribution in [3.8, 4) is 11.3 Å². The Kier molecular flexibility index (Phi) is 2.26. The van der Waals surface area contributed by atoms with Gasteiger partial charge in [-0.15, -0.1) is 0 Å². The summed E-state index contributed by atoms with van der Waals surface area (Å²) in [5.74, 6) is 0.548. The lowest BCUT2D eigenvalue weighted by Gasteiger charge is -2.06. The molecule has 0 aliphatic heterocycles. The van der Waals surface area contributed by atoms with Crippen LogP contribution < -0.4 is 5.63 Å². The van der Waals surface area contributed by atoms with Gasteiger partial charge in [-0.05, 0) is 26.0 Å². The number of aromatic nitrogens is 3. The van der Waals surface area contributed by atoms with Crippen LogP contribution in [0.2, 0.25) is 0 Å². The monoisotopic (exact) mass is 241 g/mol. The van der Waals surface area contributed by atoms with E-state index in [0.29, 0.717) is 17.0 Å². The van der Waals surface area contributed by atoms with Crippen molar-refractivity contribution in [2.45, 2.75) is 13.8 Å². The van der Waals surface area contributed by atoms with Crippen LogP contribution in [0, 0.1) is 13.8 Å². The molecule has 0 amide bonds. The molecule has 0 spiro atoms. The van der Waals surface area contributed by atoms with Crippen molar-refractivity contribution in [1.82, 2.24) is 14.4 Å². The minimum Gasteiger partial charge on any atom is -0.419 e. The lowest BCUT2D eigenvalue weighted by atomic mass is 10.2. The fraction of sp³-hybridized carbons (Fsp3) is 0.154. The van der Waals surface area contributed by atoms with Gasteiger partial charge in [-0.25, -0.2) is 9.78 Å². The molecule has 18 heavy (non-hydrogen) atoms. The summed E-state index contributed by atoms with van der Waals surface area (Å²) in [4.78, 5) is 20.1. The van der Waals surface area contributed by atoms with Crippen molar-refractivity contribution in [1.29, 1.82) is 0 Å². The number of fused-ring (bicyclic) bond motifs is 1. The number of rotatable bonds is 1. The second kappa shape index (κ2) is 3.80. The summed E-state index contributed by atoms with van der Waals surface area (Å²) in [6, 6.07) is 3.61. The van der Waals surface area contributed by atoms with Crippen LogP contribution in [0.5, 0.6) is 0 Å². The van der Waals surface area contributed by atoms with E-state index in [-0.39, 0.29) is 5.63 Å². The molecule has 3 aromatic rings. The van der Waals surface area contributed by atoms with Gasteiger partial charge < -0.3 is 4.42 Å². The Morgan fingerprint density at radius 3 is 2.67 bits per heavy atom. The van der Waals surface area contributed by atoms with Crippen LogP contribution in [0.1, 0.15) is 11.4 Å². The van der Waals surface area contributed by atoms with Gasteiger partial charge in [-0.2, -0.15) is 0 Å². The summed E-state index contributed by atoms with van der Waals surface area (Å²) in [7, 11) is 0. The SMILES string of the molecule is Cc1ncn2c(C)c(-c3ccncc3)oc(=O)c12. The summed E-state index contributed by atoms with van der Waals surface area (Å²) in [5.41, 5.74) is 2.46. The van der Waals surface area contributed by atoms with Crippen molar-refractivity contribution in [3.05, 3.63) is 52.7 Å². The van der Waals surface area contributed by atoms with Crippen molar-refractivity contribution < 1.29 is 4.42 Å². The van der Waals surface area contributed by atoms with E-state index in [9.17, 15) is 4.79 Å². The van der Waals surface area contributed by atoms with Gasteiger partial charge in [-0.1, -0.05) is 0 Å². The van der Waals surface area contributed by atoms with Crippen molar-refractivity contribution in [2.24, 2.45) is 0 Å². The van der Waals surface area contributed by atoms with E-state index in [1.807, 2.05) is 6.92 Å². The molecule has 0 saturated carbocycles. The maximum absolute atomic E-state index is 12.0. The highest BCUT2D eigenvalue weighted by atomic mass is 16.4. The standard InChI is InChI=1S/C13H11N3O2/c1-8-11-13(17)18-12(9(2)16(11)7-15-8)10-3-5-14-6-4-10/h3-7H,1-2H3. The summed E-state index contributed by atoms with van der Waals surface area (Å²) >= 11 is 0. The Bertz CT molecular complexity index is 772. The molecular formula is C13H11N3O2. The van der Waals surface area contributed by atoms with E-state index in [0.717, 1.165) is 11.3 Å². The summed E-state index contributed by atoms with van der Waals surface area (Å²) in [5, 5.41) is 0. The fourth-order valence-electron chi connectivity index (χ4n) is 2.03. The highest BCUT2D eigenvalue weighted by Gasteiger charge is 2.14. The van der Waals surface area contributed by atoms with Crippen LogP contribution >= 0.6 is 0 Å². The van der Waals surface area contributed by atoms with Gasteiger partial charge in [0.1, 0.15) is 6.33 Å². The minimum absolute atomic E-state index is 0.373. The fourth-order valence-corrected chi connectivity index (χ4v) is 2.03. The number of imidazole rings is 1. The van der Waals surface area contributed by atoms with Crippen molar-refractivity contribution in [2.75, 3.05) is 0 Å². The predicted molar refractivity (Wildman–Crippen MR) is 66.4 cm³/mol. The molecule has 0 aromatic carbocycles. The van der Waals surface area contributed by atoms with Crippen LogP contribution in [0.4, 0.5) is 0 Å². The molecule has 0 unspecified atom stereocenters. The largest absolute Gasteiger partial charge is 0.419 e. The minimum atomic E-state index is -0.373. The highest BCUT2D eigenvalue weighted by Crippen LogP contribution is 2.22. The first kappa shape index (κ1) is 10.7. The van der Waals surface area contributed by atoms with Gasteiger partial charge in [-0.3, -0.25) is 9.38 Å². The zero-order chi connectivity index (χ0) is 12.7. The van der Waals surface area contributed by atoms with E-state index in [4.69, 9.17) is 4.42 Å². The topological polar surface area (TPSA) is 60.4 Å². The van der Waals surface area contributed by atoms with Gasteiger partial charge in [0.05, 0.1) is 11.4 Å². The summed E-state index contributed by atoms with van der Waals surface area (Å²) in [6.07, 6.45) is 4.97. The Labute approximate surface area is 103 Å². The molecule has 0 radical (unpaired) electrons. The summed E-state index contributed by atoms with van der Waals surface area (Å²) < 4.78 is 7.16. The molecule has 3 aromatic heterocycles. The zero-order valence-corrected chi connectivity index (χ0v) is 10.0. The lowest BCUT2D eigenvalue weighted by molar-refractivity contribution is 0.519. The number of hydrogen-bond donors (Lipinski definition) is 0. The van der Waals surface area contributed by atoms with E-state index >= 15 is 0 Å². The molecule has 3 heterocycles. The molecule has 90 valence electrons. The Hall–Kier alpha value is -2.43. The second-order valence-electron chi connectivity index (χ2n) is 4.09. The molecule has 5 nitrogen and oxygen atoms in total. The molecule has 0 bridgehead atoms. The number of hydrogen-bond acceptors (Lipinski definition) is 4. The maximum atomic E-state index is 12.0.